The van der Waals surface area contributed by atoms with Crippen LogP contribution in [0.5, 0.6) is 0 Å². The monoisotopic (exact) mass is 745 g/mol. The van der Waals surface area contributed by atoms with Crippen LogP contribution >= 0.6 is 0 Å². The predicted octanol–water partition coefficient (Wildman–Crippen LogP) is 13.3. The van der Waals surface area contributed by atoms with Crippen molar-refractivity contribution in [1.29, 1.82) is 5.26 Å². The van der Waals surface area contributed by atoms with E-state index in [2.05, 4.69) is 89.8 Å². The standard InChI is InChI=1S/C53H63NO2/c1-7-38-11-13-39(14-12-38)15-16-40-17-21-42(22-18-40)44(35-54)33-41-19-23-43(24-20-41)51(55)56-46-29-31-52(5)45(34-46)25-26-47-49-28-27-48(37(4)10-8-9-36(2)3)53(49,6)32-30-50(47)52/h11-14,17-25,33,36-37,46-50H,7-10,26-32,34H2,1-6H3/b44-33+/t37-,46?,47+,48-,49+,50+,52+,53-/m1/s1. The van der Waals surface area contributed by atoms with E-state index in [4.69, 9.17) is 4.74 Å². The molecule has 0 aromatic heterocycles. The van der Waals surface area contributed by atoms with E-state index >= 15 is 0 Å². The number of aryl methyl sites for hydroxylation is 1. The molecule has 0 saturated heterocycles. The molecule has 7 rings (SSSR count). The van der Waals surface area contributed by atoms with Gasteiger partial charge in [-0.2, -0.15) is 5.26 Å². The first-order chi connectivity index (χ1) is 27.0. The second-order valence-corrected chi connectivity index (χ2v) is 18.7. The Morgan fingerprint density at radius 1 is 0.839 bits per heavy atom. The number of fused-ring (bicyclic) bond motifs is 5. The lowest BCUT2D eigenvalue weighted by Crippen LogP contribution is -2.51. The molecule has 0 amide bonds. The molecular weight excluding hydrogens is 683 g/mol. The number of rotatable bonds is 10. The molecule has 1 unspecified atom stereocenters. The minimum Gasteiger partial charge on any atom is -0.458 e. The van der Waals surface area contributed by atoms with Crippen LogP contribution in [-0.4, -0.2) is 12.1 Å². The van der Waals surface area contributed by atoms with E-state index in [9.17, 15) is 10.1 Å². The molecule has 8 atom stereocenters. The number of carbonyl (C=O) groups is 1. The summed E-state index contributed by atoms with van der Waals surface area (Å²) in [6.45, 7) is 14.7. The van der Waals surface area contributed by atoms with Crippen molar-refractivity contribution in [2.24, 2.45) is 46.3 Å². The maximum atomic E-state index is 13.4. The van der Waals surface area contributed by atoms with Crippen LogP contribution in [-0.2, 0) is 11.2 Å². The van der Waals surface area contributed by atoms with Crippen molar-refractivity contribution in [1.82, 2.24) is 0 Å². The molecular formula is C53H63NO2. The first-order valence-electron chi connectivity index (χ1n) is 21.8. The SMILES string of the molecule is CCc1ccc(C#Cc2ccc(/C(C#N)=C/c3ccc(C(=O)OC4CC[C@@]5(C)C(=CC[C@H]6[C@@H]7CC[C@H]([C@H](C)CCCC(C)C)[C@@]7(C)CC[C@@H]65)C4)cc3)cc2)cc1. The topological polar surface area (TPSA) is 50.1 Å². The molecule has 0 N–H and O–H groups in total. The van der Waals surface area contributed by atoms with Gasteiger partial charge in [0.1, 0.15) is 6.10 Å². The number of hydrogen-bond acceptors (Lipinski definition) is 3. The van der Waals surface area contributed by atoms with Gasteiger partial charge < -0.3 is 4.74 Å². The summed E-state index contributed by atoms with van der Waals surface area (Å²) in [6.07, 6.45) is 19.2. The number of nitrogens with zero attached hydrogens (tertiary/aromatic N) is 1. The Bertz CT molecular complexity index is 2020. The summed E-state index contributed by atoms with van der Waals surface area (Å²) in [7, 11) is 0. The number of ether oxygens (including phenoxy) is 1. The van der Waals surface area contributed by atoms with Gasteiger partial charge in [0.25, 0.3) is 0 Å². The van der Waals surface area contributed by atoms with E-state index < -0.39 is 0 Å². The summed E-state index contributed by atoms with van der Waals surface area (Å²) in [5, 5.41) is 9.99. The largest absolute Gasteiger partial charge is 0.458 e. The lowest BCUT2D eigenvalue weighted by molar-refractivity contribution is -0.0594. The Kier molecular flexibility index (Phi) is 12.1. The number of nitriles is 1. The third kappa shape index (κ3) is 8.35. The molecule has 4 aliphatic carbocycles. The Morgan fingerprint density at radius 3 is 2.18 bits per heavy atom. The van der Waals surface area contributed by atoms with Crippen molar-refractivity contribution in [3.8, 4) is 17.9 Å². The van der Waals surface area contributed by atoms with Crippen LogP contribution in [0.2, 0.25) is 0 Å². The Hall–Kier alpha value is -4.34. The van der Waals surface area contributed by atoms with Crippen molar-refractivity contribution < 1.29 is 9.53 Å². The summed E-state index contributed by atoms with van der Waals surface area (Å²) in [5.41, 5.74) is 8.28. The van der Waals surface area contributed by atoms with Crippen LogP contribution in [0.1, 0.15) is 150 Å². The molecule has 4 aliphatic rings. The molecule has 0 radical (unpaired) electrons. The molecule has 0 spiro atoms. The number of hydrogen-bond donors (Lipinski definition) is 0. The Balaban J connectivity index is 0.945. The molecule has 56 heavy (non-hydrogen) atoms. The van der Waals surface area contributed by atoms with Crippen LogP contribution in [0.3, 0.4) is 0 Å². The number of carbonyl (C=O) groups excluding carboxylic acids is 1. The zero-order chi connectivity index (χ0) is 39.5. The summed E-state index contributed by atoms with van der Waals surface area (Å²) < 4.78 is 6.20. The second-order valence-electron chi connectivity index (χ2n) is 18.7. The van der Waals surface area contributed by atoms with E-state index in [1.807, 2.05) is 54.6 Å². The highest BCUT2D eigenvalue weighted by Crippen LogP contribution is 2.67. The minimum atomic E-state index is -0.255. The summed E-state index contributed by atoms with van der Waals surface area (Å²) in [6, 6.07) is 25.9. The zero-order valence-corrected chi connectivity index (χ0v) is 34.9. The lowest BCUT2D eigenvalue weighted by atomic mass is 9.47. The average molecular weight is 746 g/mol. The van der Waals surface area contributed by atoms with Crippen LogP contribution in [0.25, 0.3) is 11.6 Å². The third-order valence-electron chi connectivity index (χ3n) is 15.0. The van der Waals surface area contributed by atoms with E-state index in [0.29, 0.717) is 16.6 Å². The lowest BCUT2D eigenvalue weighted by Gasteiger charge is -2.58. The van der Waals surface area contributed by atoms with E-state index in [1.165, 1.54) is 56.9 Å². The molecule has 0 heterocycles. The highest BCUT2D eigenvalue weighted by atomic mass is 16.5. The number of esters is 1. The van der Waals surface area contributed by atoms with Gasteiger partial charge >= 0.3 is 5.97 Å². The van der Waals surface area contributed by atoms with Gasteiger partial charge in [-0.15, -0.1) is 0 Å². The normalized spacial score (nSPS) is 28.8. The maximum Gasteiger partial charge on any atom is 0.338 e. The van der Waals surface area contributed by atoms with Crippen molar-refractivity contribution >= 4 is 17.6 Å². The van der Waals surface area contributed by atoms with Gasteiger partial charge in [-0.1, -0.05) is 121 Å². The Labute approximate surface area is 338 Å². The fraction of sp³-hybridized carbons (Fsp3) is 0.509. The highest BCUT2D eigenvalue weighted by Gasteiger charge is 2.59. The van der Waals surface area contributed by atoms with Gasteiger partial charge in [0.05, 0.1) is 17.2 Å². The van der Waals surface area contributed by atoms with Gasteiger partial charge in [-0.25, -0.2) is 4.79 Å². The highest BCUT2D eigenvalue weighted by molar-refractivity contribution is 5.92. The van der Waals surface area contributed by atoms with E-state index in [0.717, 1.165) is 83.4 Å². The van der Waals surface area contributed by atoms with Crippen molar-refractivity contribution in [3.63, 3.8) is 0 Å². The minimum absolute atomic E-state index is 0.0752. The third-order valence-corrected chi connectivity index (χ3v) is 15.0. The first kappa shape index (κ1) is 39.9. The van der Waals surface area contributed by atoms with Gasteiger partial charge in [0, 0.05) is 17.5 Å². The average Bonchev–Trinajstić information content (AvgIpc) is 3.57. The molecule has 3 heteroatoms. The molecule has 0 bridgehead atoms. The van der Waals surface area contributed by atoms with Gasteiger partial charge in [0.2, 0.25) is 0 Å². The first-order valence-corrected chi connectivity index (χ1v) is 21.8. The fourth-order valence-electron chi connectivity index (χ4n) is 11.7. The smallest absolute Gasteiger partial charge is 0.338 e. The van der Waals surface area contributed by atoms with Crippen LogP contribution in [0.4, 0.5) is 0 Å². The van der Waals surface area contributed by atoms with Crippen molar-refractivity contribution in [3.05, 3.63) is 118 Å². The number of allylic oxidation sites excluding steroid dienone is 2. The maximum absolute atomic E-state index is 13.4. The molecule has 3 aromatic rings. The Morgan fingerprint density at radius 2 is 1.52 bits per heavy atom. The predicted molar refractivity (Wildman–Crippen MR) is 230 cm³/mol. The number of benzene rings is 3. The molecule has 3 fully saturated rings. The second kappa shape index (κ2) is 17.0. The van der Waals surface area contributed by atoms with Crippen molar-refractivity contribution in [2.45, 2.75) is 125 Å². The molecule has 0 aliphatic heterocycles. The molecule has 292 valence electrons. The summed E-state index contributed by atoms with van der Waals surface area (Å²) in [5.74, 6) is 11.1. The molecule has 3 saturated carbocycles. The zero-order valence-electron chi connectivity index (χ0n) is 34.9. The summed E-state index contributed by atoms with van der Waals surface area (Å²) >= 11 is 0. The van der Waals surface area contributed by atoms with Gasteiger partial charge in [0.15, 0.2) is 0 Å². The van der Waals surface area contributed by atoms with Crippen LogP contribution < -0.4 is 0 Å². The van der Waals surface area contributed by atoms with Crippen molar-refractivity contribution in [2.75, 3.05) is 0 Å². The van der Waals surface area contributed by atoms with Crippen LogP contribution in [0.15, 0.2) is 84.4 Å². The van der Waals surface area contributed by atoms with Crippen LogP contribution in [0, 0.1) is 69.5 Å². The van der Waals surface area contributed by atoms with Gasteiger partial charge in [-0.3, -0.25) is 0 Å². The molecule has 3 nitrogen and oxygen atoms in total. The quantitative estimate of drug-likeness (QED) is 0.0683. The van der Waals surface area contributed by atoms with Gasteiger partial charge in [-0.05, 0) is 157 Å². The fourth-order valence-corrected chi connectivity index (χ4v) is 11.7. The van der Waals surface area contributed by atoms with E-state index in [-0.39, 0.29) is 17.5 Å². The summed E-state index contributed by atoms with van der Waals surface area (Å²) in [4.78, 5) is 13.4. The van der Waals surface area contributed by atoms with E-state index in [1.54, 1.807) is 5.57 Å². The molecule has 3 aromatic carbocycles.